The molecule has 0 nitrogen and oxygen atoms in total. The molecule has 0 aromatic rings. The molecule has 0 fully saturated rings. The Kier molecular flexibility index (Phi) is 162. The largest absolute Gasteiger partial charge is 0.358 e. The Morgan fingerprint density at radius 3 is 1.36 bits per heavy atom. The molecule has 3 heteroatoms. The standard InChI is InChI=1S/C6H7.5CH3.2ClH.Hf/c1-6-4-2-3-5-6;;;;;;;;/h2-4H,1,5H2;5*1H3;2*1H;/q6*-1;;;. The predicted octanol–water partition coefficient (Wildman–Crippen LogP) is 4.80. The van der Waals surface area contributed by atoms with E-state index in [9.17, 15) is 0 Å². The zero-order valence-electron chi connectivity index (χ0n) is 9.96. The first-order valence-corrected chi connectivity index (χ1v) is 2.07. The van der Waals surface area contributed by atoms with E-state index in [2.05, 4.69) is 13.0 Å². The molecule has 0 N–H and O–H groups in total. The van der Waals surface area contributed by atoms with Crippen molar-refractivity contribution in [2.75, 3.05) is 0 Å². The van der Waals surface area contributed by atoms with Crippen LogP contribution in [0.4, 0.5) is 0 Å². The van der Waals surface area contributed by atoms with Crippen LogP contribution in [0.3, 0.4) is 0 Å². The summed E-state index contributed by atoms with van der Waals surface area (Å²) in [6.45, 7) is 3.74. The molecule has 0 heterocycles. The second-order valence-corrected chi connectivity index (χ2v) is 1.46. The van der Waals surface area contributed by atoms with Crippen molar-refractivity contribution in [3.8, 4) is 0 Å². The molecule has 1 aliphatic carbocycles. The van der Waals surface area contributed by atoms with Gasteiger partial charge in [-0.3, -0.25) is 0 Å². The van der Waals surface area contributed by atoms with E-state index in [0.29, 0.717) is 0 Å². The van der Waals surface area contributed by atoms with Crippen LogP contribution in [0.1, 0.15) is 6.42 Å². The van der Waals surface area contributed by atoms with Crippen LogP contribution < -0.4 is 0 Å². The van der Waals surface area contributed by atoms with Crippen molar-refractivity contribution in [2.24, 2.45) is 0 Å². The smallest absolute Gasteiger partial charge is 0 e. The second-order valence-electron chi connectivity index (χ2n) is 1.46. The van der Waals surface area contributed by atoms with Gasteiger partial charge < -0.3 is 37.1 Å². The van der Waals surface area contributed by atoms with Gasteiger partial charge in [0, 0.05) is 25.8 Å². The molecule has 0 spiro atoms. The Bertz CT molecular complexity index is 110. The maximum absolute atomic E-state index is 3.74. The Morgan fingerprint density at radius 2 is 1.29 bits per heavy atom. The number of halogens is 2. The van der Waals surface area contributed by atoms with E-state index < -0.39 is 0 Å². The van der Waals surface area contributed by atoms with Crippen LogP contribution in [0, 0.1) is 44.1 Å². The summed E-state index contributed by atoms with van der Waals surface area (Å²) in [4.78, 5) is 0. The van der Waals surface area contributed by atoms with Gasteiger partial charge in [-0.05, 0) is 6.42 Å². The minimum Gasteiger partial charge on any atom is -0.358 e. The van der Waals surface area contributed by atoms with Crippen molar-refractivity contribution < 1.29 is 25.8 Å². The Morgan fingerprint density at radius 1 is 0.929 bits per heavy atom. The third kappa shape index (κ3) is 29.3. The molecule has 0 bridgehead atoms. The van der Waals surface area contributed by atoms with Crippen LogP contribution in [0.15, 0.2) is 23.8 Å². The van der Waals surface area contributed by atoms with Crippen molar-refractivity contribution in [3.63, 3.8) is 0 Å². The Labute approximate surface area is 124 Å². The Balaban J connectivity index is -0.00000000750. The zero-order valence-corrected chi connectivity index (χ0v) is 15.2. The molecule has 1 rings (SSSR count). The summed E-state index contributed by atoms with van der Waals surface area (Å²) in [5.41, 5.74) is 1.22. The van der Waals surface area contributed by atoms with Gasteiger partial charge in [-0.2, -0.15) is 0 Å². The van der Waals surface area contributed by atoms with Crippen molar-refractivity contribution in [2.45, 2.75) is 6.42 Å². The molecule has 0 atom stereocenters. The number of rotatable bonds is 0. The average molecular weight is 406 g/mol. The van der Waals surface area contributed by atoms with Crippen LogP contribution in [0.25, 0.3) is 0 Å². The van der Waals surface area contributed by atoms with E-state index in [1.165, 1.54) is 5.57 Å². The van der Waals surface area contributed by atoms with Crippen molar-refractivity contribution >= 4 is 24.8 Å². The van der Waals surface area contributed by atoms with E-state index in [-0.39, 0.29) is 87.8 Å². The summed E-state index contributed by atoms with van der Waals surface area (Å²) < 4.78 is 0. The minimum atomic E-state index is 0. The SMILES string of the molecule is Cl.Cl.[CH2-]C1=CC=CC1.[CH3-].[CH3-].[CH3-].[CH3-].[CH3-].[Hf]. The average Bonchev–Trinajstić information content (AvgIpc) is 1.86. The summed E-state index contributed by atoms with van der Waals surface area (Å²) in [7, 11) is 0. The maximum atomic E-state index is 3.74. The molecular formula is C11H24Cl2Hf-6. The van der Waals surface area contributed by atoms with Gasteiger partial charge in [0.15, 0.2) is 0 Å². The normalized spacial score (nSPS) is 7.86. The molecule has 0 aromatic carbocycles. The number of hydrogen-bond acceptors (Lipinski definition) is 0. The van der Waals surface area contributed by atoms with Gasteiger partial charge in [-0.25, -0.2) is 18.6 Å². The van der Waals surface area contributed by atoms with Crippen LogP contribution in [0.2, 0.25) is 0 Å². The van der Waals surface area contributed by atoms with Crippen LogP contribution in [-0.4, -0.2) is 0 Å². The Hall–Kier alpha value is 0.800. The summed E-state index contributed by atoms with van der Waals surface area (Å²) in [5, 5.41) is 0. The fraction of sp³-hybridized carbons (Fsp3) is 0.0909. The van der Waals surface area contributed by atoms with Gasteiger partial charge in [0.2, 0.25) is 0 Å². The number of allylic oxidation sites excluding steroid dienone is 4. The summed E-state index contributed by atoms with van der Waals surface area (Å²) >= 11 is 0. The molecule has 0 aliphatic heterocycles. The molecule has 0 saturated heterocycles. The maximum Gasteiger partial charge on any atom is 0 e. The fourth-order valence-electron chi connectivity index (χ4n) is 0.492. The van der Waals surface area contributed by atoms with Gasteiger partial charge in [-0.1, -0.05) is 0 Å². The molecule has 1 aliphatic rings. The molecule has 92 valence electrons. The summed E-state index contributed by atoms with van der Waals surface area (Å²) in [6, 6.07) is 0. The van der Waals surface area contributed by atoms with Crippen molar-refractivity contribution in [1.82, 2.24) is 0 Å². The van der Waals surface area contributed by atoms with Crippen molar-refractivity contribution in [1.29, 1.82) is 0 Å². The summed E-state index contributed by atoms with van der Waals surface area (Å²) in [5.74, 6) is 0. The van der Waals surface area contributed by atoms with E-state index in [4.69, 9.17) is 0 Å². The van der Waals surface area contributed by atoms with Crippen LogP contribution in [0.5, 0.6) is 0 Å². The monoisotopic (exact) mass is 406 g/mol. The van der Waals surface area contributed by atoms with E-state index in [1.807, 2.05) is 12.2 Å². The van der Waals surface area contributed by atoms with Crippen LogP contribution in [-0.2, 0) is 25.8 Å². The van der Waals surface area contributed by atoms with E-state index in [0.717, 1.165) is 6.42 Å². The molecule has 14 heavy (non-hydrogen) atoms. The third-order valence-electron chi connectivity index (χ3n) is 0.848. The van der Waals surface area contributed by atoms with Crippen molar-refractivity contribution in [3.05, 3.63) is 67.9 Å². The molecule has 0 aromatic heterocycles. The number of hydrogen-bond donors (Lipinski definition) is 0. The topological polar surface area (TPSA) is 0 Å². The quantitative estimate of drug-likeness (QED) is 0.401. The molecule has 0 amide bonds. The first-order valence-electron chi connectivity index (χ1n) is 2.07. The minimum absolute atomic E-state index is 0. The van der Waals surface area contributed by atoms with Crippen LogP contribution >= 0.6 is 24.8 Å². The van der Waals surface area contributed by atoms with Gasteiger partial charge in [-0.15, -0.1) is 37.0 Å². The predicted molar refractivity (Wildman–Crippen MR) is 73.8 cm³/mol. The summed E-state index contributed by atoms with van der Waals surface area (Å²) in [6.07, 6.45) is 7.21. The van der Waals surface area contributed by atoms with E-state index >= 15 is 0 Å². The van der Waals surface area contributed by atoms with Gasteiger partial charge in [0.25, 0.3) is 0 Å². The zero-order chi connectivity index (χ0) is 4.41. The van der Waals surface area contributed by atoms with Gasteiger partial charge in [0.1, 0.15) is 0 Å². The first-order chi connectivity index (χ1) is 2.89. The van der Waals surface area contributed by atoms with Gasteiger partial charge >= 0.3 is 0 Å². The fourth-order valence-corrected chi connectivity index (χ4v) is 0.492. The molecule has 0 saturated carbocycles. The molecular weight excluding hydrogens is 382 g/mol. The van der Waals surface area contributed by atoms with Gasteiger partial charge in [0.05, 0.1) is 0 Å². The van der Waals surface area contributed by atoms with E-state index in [1.54, 1.807) is 0 Å². The first kappa shape index (κ1) is 61.0. The second kappa shape index (κ2) is 37.2. The molecule has 0 unspecified atom stereocenters. The third-order valence-corrected chi connectivity index (χ3v) is 0.848. The molecule has 0 radical (unpaired) electrons.